The molecule has 0 saturated carbocycles. The fraction of sp³-hybridized carbons (Fsp3) is 0.391. The van der Waals surface area contributed by atoms with E-state index in [-0.39, 0.29) is 25.5 Å². The van der Waals surface area contributed by atoms with Crippen molar-refractivity contribution in [3.8, 4) is 11.8 Å². The number of ether oxygens (including phenoxy) is 1. The van der Waals surface area contributed by atoms with E-state index >= 15 is 0 Å². The normalized spacial score (nSPS) is 18.4. The zero-order valence-electron chi connectivity index (χ0n) is 18.9. The first kappa shape index (κ1) is 24.0. The first-order chi connectivity index (χ1) is 16.0. The van der Waals surface area contributed by atoms with E-state index in [1.54, 1.807) is 12.3 Å². The Kier molecular flexibility index (Phi) is 6.03. The molecule has 0 bridgehead atoms. The summed E-state index contributed by atoms with van der Waals surface area (Å²) in [5, 5.41) is 8.94. The van der Waals surface area contributed by atoms with Crippen molar-refractivity contribution in [3.63, 3.8) is 0 Å². The monoisotopic (exact) mass is 486 g/mol. The molecule has 0 radical (unpaired) electrons. The first-order valence-corrected chi connectivity index (χ1v) is 12.5. The van der Waals surface area contributed by atoms with Crippen LogP contribution < -0.4 is 11.2 Å². The van der Waals surface area contributed by atoms with Crippen molar-refractivity contribution in [2.24, 2.45) is 5.73 Å². The lowest BCUT2D eigenvalue weighted by Crippen LogP contribution is -2.54. The number of nitrogens with one attached hydrogen (secondary N) is 1. The van der Waals surface area contributed by atoms with Crippen LogP contribution in [0.3, 0.4) is 0 Å². The number of amides is 2. The highest BCUT2D eigenvalue weighted by Gasteiger charge is 2.44. The van der Waals surface area contributed by atoms with Crippen LogP contribution in [0.1, 0.15) is 35.7 Å². The molecule has 1 atom stereocenters. The summed E-state index contributed by atoms with van der Waals surface area (Å²) in [6.45, 7) is 2.51. The van der Waals surface area contributed by atoms with E-state index in [1.807, 2.05) is 24.3 Å². The minimum absolute atomic E-state index is 0.0263. The molecule has 1 aromatic carbocycles. The molecular weight excluding hydrogens is 460 g/mol. The second-order valence-electron chi connectivity index (χ2n) is 8.96. The summed E-state index contributed by atoms with van der Waals surface area (Å²) in [5.41, 5.74) is 10.4. The van der Waals surface area contributed by atoms with E-state index in [2.05, 4.69) is 11.8 Å². The lowest BCUT2D eigenvalue weighted by molar-refractivity contribution is -0.131. The fourth-order valence-electron chi connectivity index (χ4n) is 3.92. The van der Waals surface area contributed by atoms with Crippen LogP contribution in [0.25, 0.3) is 0 Å². The van der Waals surface area contributed by atoms with Gasteiger partial charge in [-0.25, -0.2) is 18.7 Å². The lowest BCUT2D eigenvalue weighted by Gasteiger charge is -2.38. The van der Waals surface area contributed by atoms with Gasteiger partial charge in [0.1, 0.15) is 0 Å². The Hall–Kier alpha value is -3.17. The Labute approximate surface area is 197 Å². The molecule has 0 aliphatic carbocycles. The van der Waals surface area contributed by atoms with Crippen LogP contribution >= 0.6 is 0 Å². The van der Waals surface area contributed by atoms with Crippen molar-refractivity contribution >= 4 is 21.8 Å². The number of nitrogens with two attached hydrogens (primary N) is 1. The number of hydroxylamine groups is 1. The average molecular weight is 487 g/mol. The summed E-state index contributed by atoms with van der Waals surface area (Å²) in [6.07, 6.45) is 2.40. The van der Waals surface area contributed by atoms with E-state index in [1.165, 1.54) is 21.9 Å². The van der Waals surface area contributed by atoms with Crippen LogP contribution in [0, 0.1) is 11.8 Å². The number of aromatic nitrogens is 1. The minimum atomic E-state index is -3.84. The first-order valence-electron chi connectivity index (χ1n) is 10.6. The smallest absolute Gasteiger partial charge is 0.328 e. The summed E-state index contributed by atoms with van der Waals surface area (Å²) in [6, 6.07) is 9.14. The van der Waals surface area contributed by atoms with Crippen molar-refractivity contribution < 1.29 is 28.0 Å². The van der Waals surface area contributed by atoms with E-state index in [0.717, 1.165) is 17.4 Å². The van der Waals surface area contributed by atoms with Gasteiger partial charge in [-0.1, -0.05) is 24.0 Å². The van der Waals surface area contributed by atoms with Crippen LogP contribution in [0.5, 0.6) is 0 Å². The van der Waals surface area contributed by atoms with E-state index < -0.39 is 26.0 Å². The molecule has 2 amide bonds. The van der Waals surface area contributed by atoms with Gasteiger partial charge < -0.3 is 15.4 Å². The molecule has 2 aliphatic heterocycles. The van der Waals surface area contributed by atoms with Gasteiger partial charge in [-0.15, -0.1) is 0 Å². The summed E-state index contributed by atoms with van der Waals surface area (Å²) in [4.78, 5) is 26.2. The van der Waals surface area contributed by atoms with Crippen LogP contribution in [0.15, 0.2) is 36.5 Å². The third-order valence-corrected chi connectivity index (χ3v) is 8.54. The van der Waals surface area contributed by atoms with Gasteiger partial charge in [-0.3, -0.25) is 14.6 Å². The number of carbonyl (C=O) groups is 2. The van der Waals surface area contributed by atoms with Gasteiger partial charge in [-0.2, -0.15) is 0 Å². The average Bonchev–Trinajstić information content (AvgIpc) is 3.31. The van der Waals surface area contributed by atoms with Gasteiger partial charge in [0.25, 0.3) is 5.91 Å². The molecule has 0 spiro atoms. The molecule has 1 aromatic heterocycles. The van der Waals surface area contributed by atoms with Crippen molar-refractivity contribution in [1.29, 1.82) is 0 Å². The third kappa shape index (κ3) is 4.21. The zero-order valence-corrected chi connectivity index (χ0v) is 19.7. The Balaban J connectivity index is 1.42. The number of hydrogen-bond acceptors (Lipinski definition) is 7. The number of nitrogens with zero attached hydrogens (tertiary/aromatic N) is 2. The highest BCUT2D eigenvalue weighted by Crippen LogP contribution is 2.27. The lowest BCUT2D eigenvalue weighted by atomic mass is 9.89. The molecule has 1 saturated heterocycles. The standard InChI is InChI=1S/C23H26N4O6S/c1-22(20(28)25-30,34(2,31)32)9-10-26-13-19-11-17(12-27(19)21(26)29)4-3-16-5-7-18(8-6-16)23(24)14-33-15-23/h5-8,11-12,30H,9-10,13-15,24H2,1-2H3,(H,25,28)/t22-/m1/s1. The maximum Gasteiger partial charge on any atom is 0.328 e. The minimum Gasteiger partial charge on any atom is -0.377 e. The highest BCUT2D eigenvalue weighted by atomic mass is 32.2. The molecule has 2 aliphatic rings. The van der Waals surface area contributed by atoms with Crippen LogP contribution in [-0.4, -0.2) is 65.8 Å². The van der Waals surface area contributed by atoms with Gasteiger partial charge >= 0.3 is 6.03 Å². The summed E-state index contributed by atoms with van der Waals surface area (Å²) in [5.74, 6) is 5.10. The van der Waals surface area contributed by atoms with Crippen LogP contribution in [0.2, 0.25) is 0 Å². The number of hydrogen-bond donors (Lipinski definition) is 3. The predicted molar refractivity (Wildman–Crippen MR) is 123 cm³/mol. The molecular formula is C23H26N4O6S. The van der Waals surface area contributed by atoms with Crippen molar-refractivity contribution in [2.45, 2.75) is 30.2 Å². The molecule has 180 valence electrons. The number of benzene rings is 1. The molecule has 34 heavy (non-hydrogen) atoms. The van der Waals surface area contributed by atoms with E-state index in [0.29, 0.717) is 24.5 Å². The summed E-state index contributed by atoms with van der Waals surface area (Å²) < 4.78 is 29.0. The van der Waals surface area contributed by atoms with E-state index in [9.17, 15) is 18.0 Å². The molecule has 11 heteroatoms. The molecule has 1 fully saturated rings. The molecule has 2 aromatic rings. The fourth-order valence-corrected chi connectivity index (χ4v) is 4.76. The maximum atomic E-state index is 12.8. The molecule has 3 heterocycles. The Morgan fingerprint density at radius 1 is 1.26 bits per heavy atom. The topological polar surface area (TPSA) is 144 Å². The maximum absolute atomic E-state index is 12.8. The van der Waals surface area contributed by atoms with Crippen LogP contribution in [0.4, 0.5) is 4.79 Å². The van der Waals surface area contributed by atoms with Gasteiger partial charge in [0.2, 0.25) is 0 Å². The third-order valence-electron chi connectivity index (χ3n) is 6.52. The number of fused-ring (bicyclic) bond motifs is 1. The molecule has 10 nitrogen and oxygen atoms in total. The Morgan fingerprint density at radius 2 is 1.91 bits per heavy atom. The molecule has 4 rings (SSSR count). The van der Waals surface area contributed by atoms with Gasteiger partial charge in [-0.05, 0) is 37.1 Å². The second kappa shape index (κ2) is 8.56. The van der Waals surface area contributed by atoms with Crippen molar-refractivity contribution in [1.82, 2.24) is 14.9 Å². The molecule has 0 unspecified atom stereocenters. The van der Waals surface area contributed by atoms with E-state index in [4.69, 9.17) is 15.7 Å². The van der Waals surface area contributed by atoms with Crippen LogP contribution in [-0.2, 0) is 31.5 Å². The Bertz CT molecular complexity index is 1300. The van der Waals surface area contributed by atoms with Gasteiger partial charge in [0, 0.05) is 35.8 Å². The number of sulfone groups is 1. The predicted octanol–water partition coefficient (Wildman–Crippen LogP) is 0.555. The summed E-state index contributed by atoms with van der Waals surface area (Å²) in [7, 11) is -3.84. The number of carbonyl (C=O) groups excluding carboxylic acids is 2. The second-order valence-corrected chi connectivity index (χ2v) is 11.4. The van der Waals surface area contributed by atoms with Crippen molar-refractivity contribution in [2.75, 3.05) is 26.0 Å². The quantitative estimate of drug-likeness (QED) is 0.307. The van der Waals surface area contributed by atoms with Gasteiger partial charge in [0.05, 0.1) is 25.3 Å². The number of rotatable bonds is 6. The Morgan fingerprint density at radius 3 is 2.44 bits per heavy atom. The van der Waals surface area contributed by atoms with Crippen molar-refractivity contribution in [3.05, 3.63) is 58.9 Å². The van der Waals surface area contributed by atoms with Gasteiger partial charge in [0.15, 0.2) is 14.6 Å². The zero-order chi connectivity index (χ0) is 24.7. The highest BCUT2D eigenvalue weighted by molar-refractivity contribution is 7.92. The SMILES string of the molecule is C[C@@](CCN1Cc2cc(C#Cc3ccc(C4(N)COC4)cc3)cn2C1=O)(C(=O)NO)S(C)(=O)=O. The largest absolute Gasteiger partial charge is 0.377 e. The molecule has 4 N–H and O–H groups in total. The summed E-state index contributed by atoms with van der Waals surface area (Å²) >= 11 is 0.